The van der Waals surface area contributed by atoms with E-state index in [-0.39, 0.29) is 35.7 Å². The van der Waals surface area contributed by atoms with Crippen LogP contribution in [0.2, 0.25) is 0 Å². The Kier molecular flexibility index (Phi) is 5.76. The molecule has 3 aliphatic heterocycles. The van der Waals surface area contributed by atoms with Crippen LogP contribution in [0.4, 0.5) is 0 Å². The topological polar surface area (TPSA) is 105 Å². The van der Waals surface area contributed by atoms with Gasteiger partial charge in [-0.25, -0.2) is 8.42 Å². The molecule has 3 fully saturated rings. The smallest absolute Gasteiger partial charge is 0.273 e. The molecular weight excluding hydrogens is 380 g/mol. The third kappa shape index (κ3) is 4.11. The maximum Gasteiger partial charge on any atom is 0.273 e. The van der Waals surface area contributed by atoms with Crippen molar-refractivity contribution in [2.24, 2.45) is 5.92 Å². The van der Waals surface area contributed by atoms with Gasteiger partial charge in [-0.15, -0.1) is 0 Å². The van der Waals surface area contributed by atoms with E-state index in [2.05, 4.69) is 15.8 Å². The summed E-state index contributed by atoms with van der Waals surface area (Å²) in [7, 11) is -3.26. The molecule has 156 valence electrons. The highest BCUT2D eigenvalue weighted by atomic mass is 32.2. The number of sulfonamides is 1. The zero-order valence-electron chi connectivity index (χ0n) is 16.4. The van der Waals surface area contributed by atoms with Crippen LogP contribution in [-0.2, 0) is 16.4 Å². The van der Waals surface area contributed by atoms with Crippen LogP contribution in [-0.4, -0.2) is 60.8 Å². The molecule has 1 aromatic heterocycles. The van der Waals surface area contributed by atoms with Crippen LogP contribution in [0.15, 0.2) is 10.6 Å². The lowest BCUT2D eigenvalue weighted by molar-refractivity contribution is 0.0900. The molecule has 3 aliphatic rings. The van der Waals surface area contributed by atoms with Crippen molar-refractivity contribution in [3.05, 3.63) is 17.5 Å². The Morgan fingerprint density at radius 3 is 2.54 bits per heavy atom. The summed E-state index contributed by atoms with van der Waals surface area (Å²) in [4.78, 5) is 12.4. The predicted octanol–water partition coefficient (Wildman–Crippen LogP) is 1.29. The Balaban J connectivity index is 1.37. The van der Waals surface area contributed by atoms with Gasteiger partial charge in [0.05, 0.1) is 5.75 Å². The first-order chi connectivity index (χ1) is 13.5. The fraction of sp³-hybridized carbons (Fsp3) is 0.789. The molecule has 2 N–H and O–H groups in total. The minimum absolute atomic E-state index is 0.000669. The van der Waals surface area contributed by atoms with E-state index in [1.165, 1.54) is 0 Å². The Hall–Kier alpha value is -1.45. The zero-order valence-corrected chi connectivity index (χ0v) is 17.2. The molecule has 2 bridgehead atoms. The number of rotatable bonds is 6. The van der Waals surface area contributed by atoms with Crippen molar-refractivity contribution in [1.82, 2.24) is 20.1 Å². The Labute approximate surface area is 166 Å². The molecule has 0 saturated carbocycles. The van der Waals surface area contributed by atoms with Gasteiger partial charge in [-0.3, -0.25) is 4.79 Å². The fourth-order valence-electron chi connectivity index (χ4n) is 4.98. The van der Waals surface area contributed by atoms with Crippen molar-refractivity contribution in [2.45, 2.75) is 70.0 Å². The van der Waals surface area contributed by atoms with Crippen molar-refractivity contribution in [3.63, 3.8) is 0 Å². The van der Waals surface area contributed by atoms with E-state index in [0.29, 0.717) is 30.7 Å². The lowest BCUT2D eigenvalue weighted by Crippen LogP contribution is -2.53. The van der Waals surface area contributed by atoms with Crippen LogP contribution in [0.25, 0.3) is 0 Å². The first kappa shape index (κ1) is 19.8. The third-order valence-corrected chi connectivity index (χ3v) is 8.50. The Bertz CT molecular complexity index is 789. The van der Waals surface area contributed by atoms with Crippen molar-refractivity contribution >= 4 is 15.9 Å². The van der Waals surface area contributed by atoms with Crippen LogP contribution in [0.3, 0.4) is 0 Å². The molecule has 9 heteroatoms. The number of hydrogen-bond acceptors (Lipinski definition) is 6. The van der Waals surface area contributed by atoms with Gasteiger partial charge in [0, 0.05) is 30.6 Å². The standard InChI is InChI=1S/C19H30N4O4S/c1-2-17-11-18(22-27-17)19(24)21-14-9-15-3-4-16(10-14)23(15)28(25,26)12-13-5-7-20-8-6-13/h11,13-16,20H,2-10,12H2,1H3,(H,21,24)/t14-,15-,16+. The third-order valence-electron chi connectivity index (χ3n) is 6.37. The molecule has 3 saturated heterocycles. The molecular formula is C19H30N4O4S. The van der Waals surface area contributed by atoms with Gasteiger partial charge in [0.15, 0.2) is 5.69 Å². The fourth-order valence-corrected chi connectivity index (χ4v) is 7.38. The number of hydrogen-bond donors (Lipinski definition) is 2. The Morgan fingerprint density at radius 2 is 1.93 bits per heavy atom. The maximum atomic E-state index is 13.1. The van der Waals surface area contributed by atoms with Gasteiger partial charge in [0.1, 0.15) is 5.76 Å². The van der Waals surface area contributed by atoms with Gasteiger partial charge in [-0.05, 0) is 57.5 Å². The van der Waals surface area contributed by atoms with Crippen molar-refractivity contribution in [2.75, 3.05) is 18.8 Å². The second-order valence-electron chi connectivity index (χ2n) is 8.36. The number of nitrogens with zero attached hydrogens (tertiary/aromatic N) is 2. The summed E-state index contributed by atoms with van der Waals surface area (Å²) in [6, 6.07) is 1.65. The molecule has 28 heavy (non-hydrogen) atoms. The summed E-state index contributed by atoms with van der Waals surface area (Å²) in [6.45, 7) is 3.76. The monoisotopic (exact) mass is 410 g/mol. The summed E-state index contributed by atoms with van der Waals surface area (Å²) in [5, 5.41) is 10.2. The summed E-state index contributed by atoms with van der Waals surface area (Å²) in [5.74, 6) is 0.961. The van der Waals surface area contributed by atoms with E-state index in [4.69, 9.17) is 4.52 Å². The molecule has 1 amide bonds. The van der Waals surface area contributed by atoms with E-state index in [9.17, 15) is 13.2 Å². The summed E-state index contributed by atoms with van der Waals surface area (Å²) in [5.41, 5.74) is 0.296. The first-order valence-electron chi connectivity index (χ1n) is 10.4. The lowest BCUT2D eigenvalue weighted by Gasteiger charge is -2.39. The number of carbonyl (C=O) groups is 1. The molecule has 0 aromatic carbocycles. The summed E-state index contributed by atoms with van der Waals surface area (Å²) >= 11 is 0. The van der Waals surface area contributed by atoms with Gasteiger partial charge in [-0.1, -0.05) is 12.1 Å². The number of amides is 1. The first-order valence-corrected chi connectivity index (χ1v) is 12.1. The molecule has 8 nitrogen and oxygen atoms in total. The average molecular weight is 411 g/mol. The SMILES string of the molecule is CCc1cc(C(=O)N[C@@H]2C[C@H]3CC[C@@H](C2)N3S(=O)(=O)CC2CCNCC2)no1. The van der Waals surface area contributed by atoms with Crippen molar-refractivity contribution in [1.29, 1.82) is 0 Å². The second kappa shape index (κ2) is 8.12. The van der Waals surface area contributed by atoms with E-state index in [1.54, 1.807) is 10.4 Å². The molecule has 4 rings (SSSR count). The minimum Gasteiger partial charge on any atom is -0.361 e. The highest BCUT2D eigenvalue weighted by Crippen LogP contribution is 2.38. The number of carbonyl (C=O) groups excluding carboxylic acids is 1. The second-order valence-corrected chi connectivity index (χ2v) is 10.3. The van der Waals surface area contributed by atoms with Crippen LogP contribution in [0, 0.1) is 5.92 Å². The number of aryl methyl sites for hydroxylation is 1. The predicted molar refractivity (Wildman–Crippen MR) is 104 cm³/mol. The average Bonchev–Trinajstić information content (AvgIpc) is 3.26. The molecule has 4 heterocycles. The highest BCUT2D eigenvalue weighted by Gasteiger charge is 2.47. The van der Waals surface area contributed by atoms with Crippen LogP contribution >= 0.6 is 0 Å². The summed E-state index contributed by atoms with van der Waals surface area (Å²) < 4.78 is 33.1. The Morgan fingerprint density at radius 1 is 1.25 bits per heavy atom. The molecule has 0 spiro atoms. The quantitative estimate of drug-likeness (QED) is 0.732. The van der Waals surface area contributed by atoms with Gasteiger partial charge in [-0.2, -0.15) is 4.31 Å². The number of aromatic nitrogens is 1. The number of piperidine rings is 2. The molecule has 0 unspecified atom stereocenters. The number of fused-ring (bicyclic) bond motifs is 2. The maximum absolute atomic E-state index is 13.1. The lowest BCUT2D eigenvalue weighted by atomic mass is 9.99. The highest BCUT2D eigenvalue weighted by molar-refractivity contribution is 7.89. The minimum atomic E-state index is -3.26. The molecule has 0 radical (unpaired) electrons. The van der Waals surface area contributed by atoms with Gasteiger partial charge >= 0.3 is 0 Å². The normalized spacial score (nSPS) is 29.1. The van der Waals surface area contributed by atoms with E-state index < -0.39 is 10.0 Å². The van der Waals surface area contributed by atoms with E-state index in [1.807, 2.05) is 6.92 Å². The van der Waals surface area contributed by atoms with Gasteiger partial charge in [0.25, 0.3) is 5.91 Å². The molecule has 3 atom stereocenters. The summed E-state index contributed by atoms with van der Waals surface area (Å²) in [6.07, 6.45) is 5.66. The van der Waals surface area contributed by atoms with E-state index >= 15 is 0 Å². The van der Waals surface area contributed by atoms with E-state index in [0.717, 1.165) is 38.8 Å². The van der Waals surface area contributed by atoms with Crippen LogP contribution < -0.4 is 10.6 Å². The van der Waals surface area contributed by atoms with Crippen LogP contribution in [0.1, 0.15) is 61.7 Å². The van der Waals surface area contributed by atoms with Gasteiger partial charge < -0.3 is 15.2 Å². The van der Waals surface area contributed by atoms with Gasteiger partial charge in [0.2, 0.25) is 10.0 Å². The zero-order chi connectivity index (χ0) is 19.7. The van der Waals surface area contributed by atoms with Crippen LogP contribution in [0.5, 0.6) is 0 Å². The molecule has 1 aromatic rings. The van der Waals surface area contributed by atoms with Crippen molar-refractivity contribution < 1.29 is 17.7 Å². The largest absolute Gasteiger partial charge is 0.361 e. The molecule has 0 aliphatic carbocycles. The number of nitrogens with one attached hydrogen (secondary N) is 2. The van der Waals surface area contributed by atoms with Crippen molar-refractivity contribution in [3.8, 4) is 0 Å².